The molecule has 1 nitrogen and oxygen atoms in total. The van der Waals surface area contributed by atoms with Crippen molar-refractivity contribution >= 4 is 0 Å². The van der Waals surface area contributed by atoms with E-state index in [1.807, 2.05) is 0 Å². The standard InChI is InChI=1S/C14H31N/c1-6-10-13(5)11-14(7-2,8-3)12-15-9-4/h13,15H,6-12H2,1-5H3. The zero-order valence-corrected chi connectivity index (χ0v) is 11.5. The van der Waals surface area contributed by atoms with E-state index in [2.05, 4.69) is 39.9 Å². The predicted octanol–water partition coefficient (Wildman–Crippen LogP) is 4.23. The van der Waals surface area contributed by atoms with E-state index in [1.165, 1.54) is 38.6 Å². The number of rotatable bonds is 9. The Balaban J connectivity index is 4.21. The van der Waals surface area contributed by atoms with Crippen LogP contribution in [-0.2, 0) is 0 Å². The molecule has 0 aromatic heterocycles. The Hall–Kier alpha value is -0.0400. The second-order valence-electron chi connectivity index (χ2n) is 5.09. The fourth-order valence-corrected chi connectivity index (χ4v) is 2.59. The van der Waals surface area contributed by atoms with E-state index in [-0.39, 0.29) is 0 Å². The first-order valence-electron chi connectivity index (χ1n) is 6.84. The molecule has 0 bridgehead atoms. The molecule has 0 fully saturated rings. The summed E-state index contributed by atoms with van der Waals surface area (Å²) in [6.07, 6.45) is 6.72. The van der Waals surface area contributed by atoms with E-state index >= 15 is 0 Å². The first-order valence-corrected chi connectivity index (χ1v) is 6.84. The maximum Gasteiger partial charge on any atom is 0.000759 e. The number of nitrogens with one attached hydrogen (secondary N) is 1. The summed E-state index contributed by atoms with van der Waals surface area (Å²) in [5.74, 6) is 0.883. The van der Waals surface area contributed by atoms with Crippen LogP contribution in [-0.4, -0.2) is 13.1 Å². The molecule has 1 N–H and O–H groups in total. The molecule has 1 unspecified atom stereocenters. The van der Waals surface area contributed by atoms with Crippen LogP contribution in [0.25, 0.3) is 0 Å². The Kier molecular flexibility index (Phi) is 8.13. The molecule has 15 heavy (non-hydrogen) atoms. The predicted molar refractivity (Wildman–Crippen MR) is 70.2 cm³/mol. The Bertz CT molecular complexity index is 138. The van der Waals surface area contributed by atoms with Crippen molar-refractivity contribution in [1.29, 1.82) is 0 Å². The lowest BCUT2D eigenvalue weighted by Gasteiger charge is -2.34. The van der Waals surface area contributed by atoms with Gasteiger partial charge in [0.2, 0.25) is 0 Å². The van der Waals surface area contributed by atoms with Gasteiger partial charge in [0.05, 0.1) is 0 Å². The molecule has 0 radical (unpaired) electrons. The Morgan fingerprint density at radius 2 is 1.67 bits per heavy atom. The fourth-order valence-electron chi connectivity index (χ4n) is 2.59. The van der Waals surface area contributed by atoms with Crippen molar-refractivity contribution in [3.8, 4) is 0 Å². The molecule has 0 spiro atoms. The number of hydrogen-bond donors (Lipinski definition) is 1. The summed E-state index contributed by atoms with van der Waals surface area (Å²) in [4.78, 5) is 0. The van der Waals surface area contributed by atoms with Crippen molar-refractivity contribution in [2.45, 2.75) is 66.7 Å². The average molecular weight is 213 g/mol. The minimum atomic E-state index is 0.546. The average Bonchev–Trinajstić information content (AvgIpc) is 2.25. The zero-order valence-electron chi connectivity index (χ0n) is 11.5. The molecule has 0 saturated heterocycles. The van der Waals surface area contributed by atoms with Gasteiger partial charge < -0.3 is 5.32 Å². The summed E-state index contributed by atoms with van der Waals surface area (Å²) in [5, 5.41) is 3.54. The van der Waals surface area contributed by atoms with Crippen LogP contribution >= 0.6 is 0 Å². The van der Waals surface area contributed by atoms with Crippen molar-refractivity contribution in [3.05, 3.63) is 0 Å². The van der Waals surface area contributed by atoms with Gasteiger partial charge in [-0.25, -0.2) is 0 Å². The van der Waals surface area contributed by atoms with Crippen molar-refractivity contribution < 1.29 is 0 Å². The Labute approximate surface area is 97.0 Å². The summed E-state index contributed by atoms with van der Waals surface area (Å²) in [6.45, 7) is 13.9. The monoisotopic (exact) mass is 213 g/mol. The first-order chi connectivity index (χ1) is 7.14. The van der Waals surface area contributed by atoms with Crippen LogP contribution in [0.4, 0.5) is 0 Å². The third-order valence-corrected chi connectivity index (χ3v) is 3.81. The highest BCUT2D eigenvalue weighted by Crippen LogP contribution is 2.34. The van der Waals surface area contributed by atoms with Gasteiger partial charge in [0, 0.05) is 6.54 Å². The van der Waals surface area contributed by atoms with Gasteiger partial charge in [-0.2, -0.15) is 0 Å². The van der Waals surface area contributed by atoms with Gasteiger partial charge >= 0.3 is 0 Å². The molecule has 1 atom stereocenters. The molecule has 0 heterocycles. The van der Waals surface area contributed by atoms with Crippen LogP contribution in [0.3, 0.4) is 0 Å². The lowest BCUT2D eigenvalue weighted by atomic mass is 9.74. The maximum atomic E-state index is 3.54. The molecule has 0 aromatic carbocycles. The Morgan fingerprint density at radius 3 is 2.07 bits per heavy atom. The number of hydrogen-bond acceptors (Lipinski definition) is 1. The second-order valence-corrected chi connectivity index (χ2v) is 5.09. The second kappa shape index (κ2) is 8.15. The molecule has 0 rings (SSSR count). The van der Waals surface area contributed by atoms with Crippen LogP contribution in [0.5, 0.6) is 0 Å². The van der Waals surface area contributed by atoms with E-state index < -0.39 is 0 Å². The zero-order chi connectivity index (χ0) is 11.7. The van der Waals surface area contributed by atoms with Gasteiger partial charge in [0.25, 0.3) is 0 Å². The summed E-state index contributed by atoms with van der Waals surface area (Å²) in [5.41, 5.74) is 0.546. The van der Waals surface area contributed by atoms with E-state index in [4.69, 9.17) is 0 Å². The molecular formula is C14H31N. The minimum absolute atomic E-state index is 0.546. The highest BCUT2D eigenvalue weighted by Gasteiger charge is 2.27. The quantitative estimate of drug-likeness (QED) is 0.604. The van der Waals surface area contributed by atoms with E-state index in [1.54, 1.807) is 0 Å². The molecule has 0 aromatic rings. The van der Waals surface area contributed by atoms with Crippen LogP contribution in [0.1, 0.15) is 66.7 Å². The van der Waals surface area contributed by atoms with Gasteiger partial charge in [-0.3, -0.25) is 0 Å². The van der Waals surface area contributed by atoms with Crippen molar-refractivity contribution in [2.75, 3.05) is 13.1 Å². The molecule has 0 saturated carbocycles. The van der Waals surface area contributed by atoms with E-state index in [0.29, 0.717) is 5.41 Å². The van der Waals surface area contributed by atoms with Crippen molar-refractivity contribution in [3.63, 3.8) is 0 Å². The van der Waals surface area contributed by atoms with Crippen molar-refractivity contribution in [1.82, 2.24) is 5.32 Å². The van der Waals surface area contributed by atoms with Gasteiger partial charge in [-0.1, -0.05) is 47.5 Å². The molecule has 0 amide bonds. The van der Waals surface area contributed by atoms with Gasteiger partial charge in [-0.15, -0.1) is 0 Å². The Morgan fingerprint density at radius 1 is 1.07 bits per heavy atom. The maximum absolute atomic E-state index is 3.54. The lowest BCUT2D eigenvalue weighted by Crippen LogP contribution is -2.34. The summed E-state index contributed by atoms with van der Waals surface area (Å²) in [7, 11) is 0. The van der Waals surface area contributed by atoms with Gasteiger partial charge in [0.1, 0.15) is 0 Å². The van der Waals surface area contributed by atoms with Crippen LogP contribution in [0.2, 0.25) is 0 Å². The van der Waals surface area contributed by atoms with Crippen LogP contribution in [0, 0.1) is 11.3 Å². The summed E-state index contributed by atoms with van der Waals surface area (Å²) in [6, 6.07) is 0. The fraction of sp³-hybridized carbons (Fsp3) is 1.00. The van der Waals surface area contributed by atoms with E-state index in [9.17, 15) is 0 Å². The molecule has 0 aliphatic carbocycles. The first kappa shape index (κ1) is 15.0. The van der Waals surface area contributed by atoms with Gasteiger partial charge in [-0.05, 0) is 37.1 Å². The largest absolute Gasteiger partial charge is 0.316 e. The third kappa shape index (κ3) is 5.55. The normalized spacial score (nSPS) is 14.2. The molecule has 0 aliphatic rings. The minimum Gasteiger partial charge on any atom is -0.316 e. The topological polar surface area (TPSA) is 12.0 Å². The SMILES string of the molecule is CCCC(C)CC(CC)(CC)CNCC. The van der Waals surface area contributed by atoms with Crippen LogP contribution < -0.4 is 5.32 Å². The van der Waals surface area contributed by atoms with E-state index in [0.717, 1.165) is 12.5 Å². The third-order valence-electron chi connectivity index (χ3n) is 3.81. The molecule has 0 aliphatic heterocycles. The molecule has 92 valence electrons. The molecule has 1 heteroatoms. The highest BCUT2D eigenvalue weighted by molar-refractivity contribution is 4.80. The van der Waals surface area contributed by atoms with Crippen molar-refractivity contribution in [2.24, 2.45) is 11.3 Å². The van der Waals surface area contributed by atoms with Crippen LogP contribution in [0.15, 0.2) is 0 Å². The van der Waals surface area contributed by atoms with Gasteiger partial charge in [0.15, 0.2) is 0 Å². The smallest absolute Gasteiger partial charge is 0.000759 e. The lowest BCUT2D eigenvalue weighted by molar-refractivity contribution is 0.189. The highest BCUT2D eigenvalue weighted by atomic mass is 14.9. The summed E-state index contributed by atoms with van der Waals surface area (Å²) < 4.78 is 0. The molecular weight excluding hydrogens is 182 g/mol. The summed E-state index contributed by atoms with van der Waals surface area (Å²) >= 11 is 0.